The number of nitrogens with zero attached hydrogens (tertiary/aromatic N) is 1. The number of imide groups is 1. The van der Waals surface area contributed by atoms with Gasteiger partial charge in [0.1, 0.15) is 5.76 Å². The maximum atomic E-state index is 12.4. The van der Waals surface area contributed by atoms with E-state index >= 15 is 0 Å². The summed E-state index contributed by atoms with van der Waals surface area (Å²) in [5.41, 5.74) is 0.996. The number of thioether (sulfide) groups is 1. The molecule has 1 aliphatic rings. The van der Waals surface area contributed by atoms with E-state index in [2.05, 4.69) is 5.32 Å². The fourth-order valence-electron chi connectivity index (χ4n) is 2.77. The number of aliphatic hydroxyl groups is 1. The van der Waals surface area contributed by atoms with Gasteiger partial charge in [0.2, 0.25) is 5.91 Å². The summed E-state index contributed by atoms with van der Waals surface area (Å²) in [7, 11) is 0. The van der Waals surface area contributed by atoms with Crippen molar-refractivity contribution in [3.05, 3.63) is 65.0 Å². The highest BCUT2D eigenvalue weighted by Crippen LogP contribution is 2.32. The molecule has 28 heavy (non-hydrogen) atoms. The second-order valence-electron chi connectivity index (χ2n) is 6.24. The van der Waals surface area contributed by atoms with Crippen molar-refractivity contribution in [1.29, 1.82) is 0 Å². The summed E-state index contributed by atoms with van der Waals surface area (Å²) in [6.45, 7) is -0.219. The van der Waals surface area contributed by atoms with Gasteiger partial charge in [0.15, 0.2) is 0 Å². The van der Waals surface area contributed by atoms with E-state index in [4.69, 9.17) is 4.42 Å². The Morgan fingerprint density at radius 2 is 2.00 bits per heavy atom. The van der Waals surface area contributed by atoms with Gasteiger partial charge in [-0.25, -0.2) is 0 Å². The second kappa shape index (κ2) is 9.38. The van der Waals surface area contributed by atoms with E-state index in [-0.39, 0.29) is 30.4 Å². The first-order valence-electron chi connectivity index (χ1n) is 8.80. The van der Waals surface area contributed by atoms with Crippen molar-refractivity contribution in [1.82, 2.24) is 10.2 Å². The molecule has 0 radical (unpaired) electrons. The van der Waals surface area contributed by atoms with Crippen molar-refractivity contribution < 1.29 is 23.9 Å². The molecule has 1 saturated heterocycles. The number of carbonyl (C=O) groups excluding carboxylic acids is 3. The van der Waals surface area contributed by atoms with Gasteiger partial charge in [-0.05, 0) is 35.9 Å². The van der Waals surface area contributed by atoms with Crippen LogP contribution in [-0.2, 0) is 16.0 Å². The molecule has 1 aromatic carbocycles. The van der Waals surface area contributed by atoms with Crippen LogP contribution in [0, 0.1) is 0 Å². The fourth-order valence-corrected chi connectivity index (χ4v) is 3.61. The van der Waals surface area contributed by atoms with Gasteiger partial charge in [-0.1, -0.05) is 30.3 Å². The molecule has 0 aliphatic carbocycles. The van der Waals surface area contributed by atoms with Gasteiger partial charge in [0.05, 0.1) is 23.8 Å². The lowest BCUT2D eigenvalue weighted by atomic mass is 10.1. The average Bonchev–Trinajstić information content (AvgIpc) is 3.29. The Balaban J connectivity index is 1.52. The lowest BCUT2D eigenvalue weighted by molar-refractivity contribution is -0.124. The molecule has 2 N–H and O–H groups in total. The molecule has 0 saturated carbocycles. The number of carbonyl (C=O) groups is 3. The number of aliphatic hydroxyl groups excluding tert-OH is 1. The molecule has 3 rings (SSSR count). The van der Waals surface area contributed by atoms with Crippen LogP contribution in [0.25, 0.3) is 6.08 Å². The van der Waals surface area contributed by atoms with E-state index in [0.29, 0.717) is 12.2 Å². The highest BCUT2D eigenvalue weighted by molar-refractivity contribution is 8.18. The summed E-state index contributed by atoms with van der Waals surface area (Å²) >= 11 is 0.819. The smallest absolute Gasteiger partial charge is 0.293 e. The highest BCUT2D eigenvalue weighted by atomic mass is 32.2. The van der Waals surface area contributed by atoms with Crippen LogP contribution in [0.2, 0.25) is 0 Å². The Bertz CT molecular complexity index is 864. The van der Waals surface area contributed by atoms with Crippen molar-refractivity contribution in [3.63, 3.8) is 0 Å². The molecule has 146 valence electrons. The Morgan fingerprint density at radius 1 is 1.21 bits per heavy atom. The molecule has 8 heteroatoms. The minimum absolute atomic E-state index is 0.0184. The molecule has 0 bridgehead atoms. The highest BCUT2D eigenvalue weighted by Gasteiger charge is 2.35. The van der Waals surface area contributed by atoms with Crippen LogP contribution < -0.4 is 5.32 Å². The van der Waals surface area contributed by atoms with E-state index in [0.717, 1.165) is 22.2 Å². The lowest BCUT2D eigenvalue weighted by Crippen LogP contribution is -2.41. The Kier molecular flexibility index (Phi) is 6.67. The van der Waals surface area contributed by atoms with Crippen molar-refractivity contribution in [2.45, 2.75) is 18.9 Å². The fraction of sp³-hybridized carbons (Fsp3) is 0.250. The molecular formula is C20H20N2O5S. The van der Waals surface area contributed by atoms with Crippen LogP contribution >= 0.6 is 11.8 Å². The van der Waals surface area contributed by atoms with E-state index < -0.39 is 17.2 Å². The van der Waals surface area contributed by atoms with E-state index in [1.807, 2.05) is 30.3 Å². The third kappa shape index (κ3) is 5.11. The number of hydrogen-bond acceptors (Lipinski definition) is 6. The summed E-state index contributed by atoms with van der Waals surface area (Å²) in [5, 5.41) is 11.8. The Morgan fingerprint density at radius 3 is 2.68 bits per heavy atom. The number of nitrogens with one attached hydrogen (secondary N) is 1. The van der Waals surface area contributed by atoms with Crippen LogP contribution in [0.15, 0.2) is 58.1 Å². The number of furan rings is 1. The van der Waals surface area contributed by atoms with Gasteiger partial charge in [0.25, 0.3) is 11.1 Å². The minimum atomic E-state index is -0.442. The molecule has 1 atom stereocenters. The molecule has 1 fully saturated rings. The van der Waals surface area contributed by atoms with E-state index in [1.165, 1.54) is 12.3 Å². The molecule has 3 amide bonds. The van der Waals surface area contributed by atoms with Crippen LogP contribution in [0.1, 0.15) is 17.7 Å². The summed E-state index contributed by atoms with van der Waals surface area (Å²) in [6, 6.07) is 12.5. The van der Waals surface area contributed by atoms with Crippen LogP contribution in [0.4, 0.5) is 4.79 Å². The summed E-state index contributed by atoms with van der Waals surface area (Å²) in [5.74, 6) is -0.291. The predicted octanol–water partition coefficient (Wildman–Crippen LogP) is 2.43. The SMILES string of the molecule is O=C(CCN1C(=O)SC(=Cc2ccco2)C1=O)NC(CO)Cc1ccccc1. The van der Waals surface area contributed by atoms with Crippen molar-refractivity contribution in [2.24, 2.45) is 0 Å². The first-order valence-corrected chi connectivity index (χ1v) is 9.61. The molecule has 2 aromatic rings. The molecule has 1 aliphatic heterocycles. The quantitative estimate of drug-likeness (QED) is 0.660. The number of hydrogen-bond donors (Lipinski definition) is 2. The Labute approximate surface area is 166 Å². The number of amides is 3. The molecular weight excluding hydrogens is 380 g/mol. The van der Waals surface area contributed by atoms with Crippen LogP contribution in [0.3, 0.4) is 0 Å². The topological polar surface area (TPSA) is 99.9 Å². The molecule has 1 unspecified atom stereocenters. The number of benzene rings is 1. The molecule has 0 spiro atoms. The largest absolute Gasteiger partial charge is 0.465 e. The molecule has 2 heterocycles. The van der Waals surface area contributed by atoms with Gasteiger partial charge >= 0.3 is 0 Å². The third-order valence-electron chi connectivity index (χ3n) is 4.16. The average molecular weight is 400 g/mol. The zero-order valence-electron chi connectivity index (χ0n) is 15.0. The molecule has 7 nitrogen and oxygen atoms in total. The third-order valence-corrected chi connectivity index (χ3v) is 5.07. The van der Waals surface area contributed by atoms with E-state index in [9.17, 15) is 19.5 Å². The van der Waals surface area contributed by atoms with Crippen molar-refractivity contribution >= 4 is 34.9 Å². The van der Waals surface area contributed by atoms with Crippen LogP contribution in [0.5, 0.6) is 0 Å². The Hall–Kier alpha value is -2.84. The summed E-state index contributed by atoms with van der Waals surface area (Å²) in [6.07, 6.45) is 3.45. The first-order chi connectivity index (χ1) is 13.6. The van der Waals surface area contributed by atoms with Gasteiger partial charge < -0.3 is 14.8 Å². The van der Waals surface area contributed by atoms with Crippen molar-refractivity contribution in [2.75, 3.05) is 13.2 Å². The zero-order chi connectivity index (χ0) is 19.9. The normalized spacial score (nSPS) is 16.6. The van der Waals surface area contributed by atoms with Gasteiger partial charge in [0, 0.05) is 19.0 Å². The zero-order valence-corrected chi connectivity index (χ0v) is 15.9. The maximum Gasteiger partial charge on any atom is 0.293 e. The van der Waals surface area contributed by atoms with Gasteiger partial charge in [-0.15, -0.1) is 0 Å². The second-order valence-corrected chi connectivity index (χ2v) is 7.23. The first kappa shape index (κ1) is 19.9. The van der Waals surface area contributed by atoms with Crippen LogP contribution in [-0.4, -0.2) is 46.3 Å². The maximum absolute atomic E-state index is 12.4. The lowest BCUT2D eigenvalue weighted by Gasteiger charge is -2.18. The summed E-state index contributed by atoms with van der Waals surface area (Å²) < 4.78 is 5.16. The molecule has 1 aromatic heterocycles. The van der Waals surface area contributed by atoms with Crippen molar-refractivity contribution in [3.8, 4) is 0 Å². The van der Waals surface area contributed by atoms with E-state index in [1.54, 1.807) is 12.1 Å². The standard InChI is InChI=1S/C20H20N2O5S/c23-13-15(11-14-5-2-1-3-6-14)21-18(24)8-9-22-19(25)17(28-20(22)26)12-16-7-4-10-27-16/h1-7,10,12,15,23H,8-9,11,13H2,(H,21,24). The summed E-state index contributed by atoms with van der Waals surface area (Å²) in [4.78, 5) is 38.0. The van der Waals surface area contributed by atoms with Gasteiger partial charge in [-0.3, -0.25) is 19.3 Å². The monoisotopic (exact) mass is 400 g/mol. The number of rotatable bonds is 8. The minimum Gasteiger partial charge on any atom is -0.465 e. The predicted molar refractivity (Wildman–Crippen MR) is 105 cm³/mol. The van der Waals surface area contributed by atoms with Gasteiger partial charge in [-0.2, -0.15) is 0 Å².